The van der Waals surface area contributed by atoms with Gasteiger partial charge in [0, 0.05) is 35.2 Å². The number of amides is 1. The van der Waals surface area contributed by atoms with Crippen molar-refractivity contribution >= 4 is 38.9 Å². The highest BCUT2D eigenvalue weighted by Gasteiger charge is 2.14. The van der Waals surface area contributed by atoms with Crippen LogP contribution in [0.1, 0.15) is 23.7 Å². The zero-order valence-electron chi connectivity index (χ0n) is 16.6. The largest absolute Gasteiger partial charge is 0.326 e. The summed E-state index contributed by atoms with van der Waals surface area (Å²) >= 11 is 1.34. The summed E-state index contributed by atoms with van der Waals surface area (Å²) in [5.41, 5.74) is 2.33. The Kier molecular flexibility index (Phi) is 5.73. The van der Waals surface area contributed by atoms with Crippen LogP contribution in [0.4, 0.5) is 10.1 Å². The molecule has 156 valence electrons. The summed E-state index contributed by atoms with van der Waals surface area (Å²) in [7, 11) is 0. The number of hydrogen-bond acceptors (Lipinski definition) is 5. The standard InChI is InChI=1S/C23H18FN3O3S/c1-14(28)15-4-8-18(9-5-15)26-20(29)10-11-27-13-25-22-21(23(27)30)19(12-31-22)16-2-6-17(24)7-3-16/h2-9,12-13H,10-11H2,1H3,(H,26,29). The van der Waals surface area contributed by atoms with Gasteiger partial charge in [0.1, 0.15) is 10.6 Å². The Morgan fingerprint density at radius 3 is 2.48 bits per heavy atom. The van der Waals surface area contributed by atoms with Gasteiger partial charge in [0.25, 0.3) is 5.56 Å². The number of anilines is 1. The highest BCUT2D eigenvalue weighted by Crippen LogP contribution is 2.30. The van der Waals surface area contributed by atoms with E-state index in [1.54, 1.807) is 36.4 Å². The number of aryl methyl sites for hydroxylation is 1. The lowest BCUT2D eigenvalue weighted by atomic mass is 10.1. The number of carbonyl (C=O) groups excluding carboxylic acids is 2. The third-order valence-electron chi connectivity index (χ3n) is 4.87. The summed E-state index contributed by atoms with van der Waals surface area (Å²) in [4.78, 5) is 41.6. The maximum absolute atomic E-state index is 13.2. The van der Waals surface area contributed by atoms with Crippen LogP contribution in [-0.2, 0) is 11.3 Å². The SMILES string of the molecule is CC(=O)c1ccc(NC(=O)CCn2cnc3scc(-c4ccc(F)cc4)c3c2=O)cc1. The van der Waals surface area contributed by atoms with E-state index in [1.165, 1.54) is 41.3 Å². The fourth-order valence-electron chi connectivity index (χ4n) is 3.20. The van der Waals surface area contributed by atoms with Gasteiger partial charge in [0.15, 0.2) is 5.78 Å². The number of aromatic nitrogens is 2. The molecule has 1 amide bonds. The number of nitrogens with zero attached hydrogens (tertiary/aromatic N) is 2. The van der Waals surface area contributed by atoms with Crippen molar-refractivity contribution in [2.45, 2.75) is 19.9 Å². The van der Waals surface area contributed by atoms with E-state index in [-0.39, 0.29) is 36.0 Å². The number of benzene rings is 2. The lowest BCUT2D eigenvalue weighted by Gasteiger charge is -2.08. The van der Waals surface area contributed by atoms with E-state index in [9.17, 15) is 18.8 Å². The molecule has 2 aromatic heterocycles. The number of Topliss-reactive ketones (excluding diaryl/α,β-unsaturated/α-hetero) is 1. The minimum Gasteiger partial charge on any atom is -0.326 e. The van der Waals surface area contributed by atoms with Gasteiger partial charge in [-0.2, -0.15) is 0 Å². The predicted molar refractivity (Wildman–Crippen MR) is 119 cm³/mol. The quantitative estimate of drug-likeness (QED) is 0.452. The van der Waals surface area contributed by atoms with Crippen molar-refractivity contribution in [3.8, 4) is 11.1 Å². The van der Waals surface area contributed by atoms with Crippen molar-refractivity contribution in [3.05, 3.63) is 82.0 Å². The molecule has 0 fully saturated rings. The molecule has 0 radical (unpaired) electrons. The van der Waals surface area contributed by atoms with Crippen molar-refractivity contribution in [3.63, 3.8) is 0 Å². The molecule has 1 N–H and O–H groups in total. The van der Waals surface area contributed by atoms with Gasteiger partial charge in [-0.25, -0.2) is 9.37 Å². The first-order chi connectivity index (χ1) is 14.9. The third kappa shape index (κ3) is 4.44. The van der Waals surface area contributed by atoms with Crippen molar-refractivity contribution in [1.29, 1.82) is 0 Å². The molecule has 0 saturated carbocycles. The van der Waals surface area contributed by atoms with Crippen LogP contribution < -0.4 is 10.9 Å². The van der Waals surface area contributed by atoms with Gasteiger partial charge >= 0.3 is 0 Å². The number of thiophene rings is 1. The van der Waals surface area contributed by atoms with E-state index in [4.69, 9.17) is 0 Å². The maximum Gasteiger partial charge on any atom is 0.262 e. The molecule has 0 saturated heterocycles. The van der Waals surface area contributed by atoms with Crippen LogP contribution >= 0.6 is 11.3 Å². The van der Waals surface area contributed by atoms with Crippen LogP contribution in [0.5, 0.6) is 0 Å². The van der Waals surface area contributed by atoms with Gasteiger partial charge in [-0.3, -0.25) is 19.0 Å². The van der Waals surface area contributed by atoms with Crippen molar-refractivity contribution in [1.82, 2.24) is 9.55 Å². The van der Waals surface area contributed by atoms with Gasteiger partial charge < -0.3 is 5.32 Å². The van der Waals surface area contributed by atoms with Crippen LogP contribution in [0.2, 0.25) is 0 Å². The highest BCUT2D eigenvalue weighted by molar-refractivity contribution is 7.17. The van der Waals surface area contributed by atoms with Gasteiger partial charge in [-0.1, -0.05) is 12.1 Å². The molecule has 0 aliphatic heterocycles. The Morgan fingerprint density at radius 1 is 1.10 bits per heavy atom. The number of rotatable bonds is 6. The zero-order valence-corrected chi connectivity index (χ0v) is 17.4. The van der Waals surface area contributed by atoms with Crippen LogP contribution in [0.25, 0.3) is 21.3 Å². The fourth-order valence-corrected chi connectivity index (χ4v) is 4.11. The molecule has 0 spiro atoms. The molecule has 4 aromatic rings. The highest BCUT2D eigenvalue weighted by atomic mass is 32.1. The van der Waals surface area contributed by atoms with Gasteiger partial charge in [-0.05, 0) is 48.9 Å². The molecular formula is C23H18FN3O3S. The molecule has 8 heteroatoms. The Morgan fingerprint density at radius 2 is 1.81 bits per heavy atom. The summed E-state index contributed by atoms with van der Waals surface area (Å²) in [6.45, 7) is 1.64. The smallest absolute Gasteiger partial charge is 0.262 e. The lowest BCUT2D eigenvalue weighted by Crippen LogP contribution is -2.23. The predicted octanol–water partition coefficient (Wildman–Crippen LogP) is 4.50. The van der Waals surface area contributed by atoms with Crippen molar-refractivity contribution in [2.75, 3.05) is 5.32 Å². The third-order valence-corrected chi connectivity index (χ3v) is 5.76. The Labute approximate surface area is 181 Å². The number of hydrogen-bond donors (Lipinski definition) is 1. The van der Waals surface area contributed by atoms with E-state index >= 15 is 0 Å². The molecule has 2 heterocycles. The monoisotopic (exact) mass is 435 g/mol. The van der Waals surface area contributed by atoms with E-state index < -0.39 is 0 Å². The minimum absolute atomic E-state index is 0.0476. The molecular weight excluding hydrogens is 417 g/mol. The molecule has 0 atom stereocenters. The number of halogens is 1. The first kappa shape index (κ1) is 20.6. The van der Waals surface area contributed by atoms with E-state index in [2.05, 4.69) is 10.3 Å². The van der Waals surface area contributed by atoms with E-state index in [1.807, 2.05) is 5.38 Å². The zero-order chi connectivity index (χ0) is 22.0. The summed E-state index contributed by atoms with van der Waals surface area (Å²) in [5.74, 6) is -0.652. The Bertz CT molecular complexity index is 1330. The summed E-state index contributed by atoms with van der Waals surface area (Å²) in [6, 6.07) is 12.6. The van der Waals surface area contributed by atoms with Crippen LogP contribution in [-0.4, -0.2) is 21.2 Å². The normalized spacial score (nSPS) is 10.9. The first-order valence-corrected chi connectivity index (χ1v) is 10.4. The van der Waals surface area contributed by atoms with Gasteiger partial charge in [0.05, 0.1) is 11.7 Å². The lowest BCUT2D eigenvalue weighted by molar-refractivity contribution is -0.116. The second-order valence-corrected chi connectivity index (χ2v) is 7.87. The topological polar surface area (TPSA) is 81.1 Å². The van der Waals surface area contributed by atoms with Gasteiger partial charge in [-0.15, -0.1) is 11.3 Å². The van der Waals surface area contributed by atoms with Crippen LogP contribution in [0, 0.1) is 5.82 Å². The molecule has 0 unspecified atom stereocenters. The Hall–Kier alpha value is -3.65. The molecule has 0 aliphatic carbocycles. The molecule has 2 aromatic carbocycles. The van der Waals surface area contributed by atoms with Crippen molar-refractivity contribution < 1.29 is 14.0 Å². The summed E-state index contributed by atoms with van der Waals surface area (Å²) < 4.78 is 14.6. The van der Waals surface area contributed by atoms with E-state index in [0.717, 1.165) is 5.56 Å². The maximum atomic E-state index is 13.2. The molecule has 4 rings (SSSR count). The average Bonchev–Trinajstić information content (AvgIpc) is 3.19. The average molecular weight is 435 g/mol. The second-order valence-electron chi connectivity index (χ2n) is 7.01. The minimum atomic E-state index is -0.347. The number of carbonyl (C=O) groups is 2. The Balaban J connectivity index is 1.51. The summed E-state index contributed by atoms with van der Waals surface area (Å²) in [6.07, 6.45) is 1.52. The molecule has 0 aliphatic rings. The van der Waals surface area contributed by atoms with Crippen LogP contribution in [0.15, 0.2) is 65.0 Å². The van der Waals surface area contributed by atoms with Crippen molar-refractivity contribution in [2.24, 2.45) is 0 Å². The van der Waals surface area contributed by atoms with Gasteiger partial charge in [0.2, 0.25) is 5.91 Å². The second kappa shape index (κ2) is 8.61. The first-order valence-electron chi connectivity index (χ1n) is 9.56. The number of fused-ring (bicyclic) bond motifs is 1. The molecule has 0 bridgehead atoms. The molecule has 31 heavy (non-hydrogen) atoms. The number of nitrogens with one attached hydrogen (secondary N) is 1. The van der Waals surface area contributed by atoms with Crippen LogP contribution in [0.3, 0.4) is 0 Å². The summed E-state index contributed by atoms with van der Waals surface area (Å²) in [5, 5.41) is 5.04. The fraction of sp³-hybridized carbons (Fsp3) is 0.130. The molecule has 6 nitrogen and oxygen atoms in total. The van der Waals surface area contributed by atoms with E-state index in [0.29, 0.717) is 27.0 Å². The number of ketones is 1.